The third-order valence-electron chi connectivity index (χ3n) is 2.42. The van der Waals surface area contributed by atoms with E-state index < -0.39 is 25.6 Å². The topological polar surface area (TPSA) is 190 Å². The quantitative estimate of drug-likeness (QED) is 0.164. The van der Waals surface area contributed by atoms with Crippen LogP contribution in [0.1, 0.15) is 0 Å². The van der Waals surface area contributed by atoms with Crippen LogP contribution in [-0.2, 0) is 11.4 Å². The van der Waals surface area contributed by atoms with Crippen LogP contribution in [0.2, 0.25) is 0 Å². The van der Waals surface area contributed by atoms with E-state index in [9.17, 15) is 0 Å². The van der Waals surface area contributed by atoms with Gasteiger partial charge in [0.15, 0.2) is 0 Å². The van der Waals surface area contributed by atoms with Crippen LogP contribution in [0.25, 0.3) is 0 Å². The minimum absolute atomic E-state index is 0.417. The first-order chi connectivity index (χ1) is 11.1. The van der Waals surface area contributed by atoms with Gasteiger partial charge in [-0.3, -0.25) is 9.11 Å². The van der Waals surface area contributed by atoms with Gasteiger partial charge in [-0.2, -0.15) is 4.21 Å². The number of hydrogen-bond donors (Lipinski definition) is 8. The lowest BCUT2D eigenvalue weighted by atomic mass is 9.80. The fraction of sp³-hybridized carbons (Fsp3) is 0. The predicted octanol–water partition coefficient (Wildman–Crippen LogP) is -2.42. The summed E-state index contributed by atoms with van der Waals surface area (Å²) in [6.07, 6.45) is 0. The van der Waals surface area contributed by atoms with Gasteiger partial charge < -0.3 is 31.6 Å². The van der Waals surface area contributed by atoms with Crippen molar-refractivity contribution in [2.45, 2.75) is 0 Å². The summed E-state index contributed by atoms with van der Waals surface area (Å²) < 4.78 is 22.8. The molecule has 0 aromatic heterocycles. The minimum atomic E-state index is -2.61. The molecule has 0 aliphatic heterocycles. The molecule has 0 spiro atoms. The summed E-state index contributed by atoms with van der Waals surface area (Å²) in [5.41, 5.74) is 12.6. The van der Waals surface area contributed by atoms with Gasteiger partial charge in [-0.15, -0.1) is 0 Å². The number of nitrogen functional groups attached to an aromatic ring is 2. The molecule has 0 saturated carbocycles. The standard InChI is InChI=1S/2C6H8BNO2.H2O3S/c2*8-6-3-1-2-5(4-6)7(9)10;1-4(2)3/h2*1-4,9-10H,8H2;(H2,1,2,3). The molecule has 0 aliphatic carbocycles. The van der Waals surface area contributed by atoms with Gasteiger partial charge in [0.25, 0.3) is 11.4 Å². The predicted molar refractivity (Wildman–Crippen MR) is 94.8 cm³/mol. The monoisotopic (exact) mass is 356 g/mol. The number of hydrogen-bond acceptors (Lipinski definition) is 7. The van der Waals surface area contributed by atoms with Crippen molar-refractivity contribution in [3.63, 3.8) is 0 Å². The Bertz CT molecular complexity index is 593. The van der Waals surface area contributed by atoms with Crippen LogP contribution in [0.3, 0.4) is 0 Å². The molecule has 9 nitrogen and oxygen atoms in total. The van der Waals surface area contributed by atoms with E-state index in [1.807, 2.05) is 0 Å². The molecule has 2 aromatic carbocycles. The average molecular weight is 356 g/mol. The molecule has 0 fully saturated rings. The van der Waals surface area contributed by atoms with Crippen molar-refractivity contribution in [2.75, 3.05) is 11.5 Å². The molecule has 12 heteroatoms. The van der Waals surface area contributed by atoms with E-state index in [1.54, 1.807) is 36.4 Å². The van der Waals surface area contributed by atoms with Gasteiger partial charge in [-0.25, -0.2) is 0 Å². The maximum absolute atomic E-state index is 8.67. The zero-order valence-electron chi connectivity index (χ0n) is 12.4. The molecule has 0 saturated heterocycles. The van der Waals surface area contributed by atoms with Gasteiger partial charge in [0, 0.05) is 11.4 Å². The van der Waals surface area contributed by atoms with Gasteiger partial charge in [-0.1, -0.05) is 24.3 Å². The van der Waals surface area contributed by atoms with Crippen LogP contribution in [0.5, 0.6) is 0 Å². The molecule has 0 heterocycles. The largest absolute Gasteiger partial charge is 0.488 e. The lowest BCUT2D eigenvalue weighted by molar-refractivity contribution is 0.424. The Morgan fingerprint density at radius 3 is 1.21 bits per heavy atom. The Balaban J connectivity index is 0.000000363. The van der Waals surface area contributed by atoms with E-state index in [2.05, 4.69) is 0 Å². The third kappa shape index (κ3) is 10.7. The summed E-state index contributed by atoms with van der Waals surface area (Å²) in [5.74, 6) is 0. The molecular formula is C12H18B2N2O7S. The van der Waals surface area contributed by atoms with Crippen LogP contribution in [0.4, 0.5) is 11.4 Å². The van der Waals surface area contributed by atoms with Gasteiger partial charge in [-0.05, 0) is 35.2 Å². The minimum Gasteiger partial charge on any atom is -0.423 e. The molecule has 0 amide bonds. The maximum atomic E-state index is 8.67. The Morgan fingerprint density at radius 2 is 1.04 bits per heavy atom. The number of nitrogens with two attached hydrogens (primary N) is 2. The van der Waals surface area contributed by atoms with E-state index in [1.165, 1.54) is 12.1 Å². The normalized spacial score (nSPS) is 9.29. The highest BCUT2D eigenvalue weighted by Gasteiger charge is 2.09. The highest BCUT2D eigenvalue weighted by atomic mass is 32.2. The summed E-state index contributed by atoms with van der Waals surface area (Å²) in [7, 11) is -2.85. The fourth-order valence-electron chi connectivity index (χ4n) is 1.44. The van der Waals surface area contributed by atoms with E-state index in [0.717, 1.165) is 0 Å². The molecule has 2 aromatic rings. The summed E-state index contributed by atoms with van der Waals surface area (Å²) in [6.45, 7) is 0. The molecule has 0 bridgehead atoms. The molecule has 24 heavy (non-hydrogen) atoms. The van der Waals surface area contributed by atoms with Crippen LogP contribution in [0.15, 0.2) is 48.5 Å². The zero-order valence-corrected chi connectivity index (χ0v) is 13.2. The number of rotatable bonds is 2. The first-order valence-corrected chi connectivity index (χ1v) is 7.43. The van der Waals surface area contributed by atoms with E-state index in [4.69, 9.17) is 44.9 Å². The maximum Gasteiger partial charge on any atom is 0.488 e. The molecule has 2 rings (SSSR count). The van der Waals surface area contributed by atoms with Crippen molar-refractivity contribution in [1.29, 1.82) is 0 Å². The van der Waals surface area contributed by atoms with Gasteiger partial charge in [0.2, 0.25) is 0 Å². The molecule has 10 N–H and O–H groups in total. The lowest BCUT2D eigenvalue weighted by Gasteiger charge is -1.98. The van der Waals surface area contributed by atoms with Gasteiger partial charge >= 0.3 is 14.2 Å². The summed E-state index contributed by atoms with van der Waals surface area (Å²) >= 11 is -2.61. The smallest absolute Gasteiger partial charge is 0.423 e. The van der Waals surface area contributed by atoms with E-state index in [-0.39, 0.29) is 0 Å². The Kier molecular flexibility index (Phi) is 10.7. The van der Waals surface area contributed by atoms with E-state index >= 15 is 0 Å². The second-order valence-corrected chi connectivity index (χ2v) is 4.78. The highest BCUT2D eigenvalue weighted by molar-refractivity contribution is 7.73. The van der Waals surface area contributed by atoms with Gasteiger partial charge in [0.1, 0.15) is 0 Å². The second-order valence-electron chi connectivity index (χ2n) is 4.32. The van der Waals surface area contributed by atoms with Crippen LogP contribution < -0.4 is 22.4 Å². The van der Waals surface area contributed by atoms with Crippen molar-refractivity contribution in [3.8, 4) is 0 Å². The fourth-order valence-corrected chi connectivity index (χ4v) is 1.44. The summed E-state index contributed by atoms with van der Waals surface area (Å²) in [4.78, 5) is 0. The first kappa shape index (κ1) is 22.1. The highest BCUT2D eigenvalue weighted by Crippen LogP contribution is 1.96. The molecule has 0 unspecified atom stereocenters. The number of anilines is 2. The van der Waals surface area contributed by atoms with Crippen molar-refractivity contribution < 1.29 is 33.4 Å². The van der Waals surface area contributed by atoms with Crippen LogP contribution in [-0.4, -0.2) is 47.6 Å². The first-order valence-electron chi connectivity index (χ1n) is 6.36. The number of benzene rings is 2. The molecule has 0 aliphatic rings. The zero-order chi connectivity index (χ0) is 18.7. The lowest BCUT2D eigenvalue weighted by Crippen LogP contribution is -2.29. The Labute approximate surface area is 142 Å². The summed E-state index contributed by atoms with van der Waals surface area (Å²) in [6, 6.07) is 12.9. The van der Waals surface area contributed by atoms with Crippen LogP contribution in [0, 0.1) is 0 Å². The molecule has 0 radical (unpaired) electrons. The third-order valence-corrected chi connectivity index (χ3v) is 2.42. The molecular weight excluding hydrogens is 338 g/mol. The van der Waals surface area contributed by atoms with Crippen molar-refractivity contribution >= 4 is 47.9 Å². The van der Waals surface area contributed by atoms with Crippen molar-refractivity contribution in [3.05, 3.63) is 48.5 Å². The van der Waals surface area contributed by atoms with Crippen LogP contribution >= 0.6 is 0 Å². The average Bonchev–Trinajstić information content (AvgIpc) is 2.47. The SMILES string of the molecule is Nc1cccc(B(O)O)c1.Nc1cccc(B(O)O)c1.O=S(O)O. The van der Waals surface area contributed by atoms with Crippen molar-refractivity contribution in [1.82, 2.24) is 0 Å². The Hall–Kier alpha value is -1.92. The molecule has 130 valence electrons. The van der Waals surface area contributed by atoms with Gasteiger partial charge in [0.05, 0.1) is 0 Å². The van der Waals surface area contributed by atoms with E-state index in [0.29, 0.717) is 22.3 Å². The molecule has 0 atom stereocenters. The Morgan fingerprint density at radius 1 is 0.750 bits per heavy atom. The second kappa shape index (κ2) is 11.6. The van der Waals surface area contributed by atoms with Crippen molar-refractivity contribution in [2.24, 2.45) is 0 Å². The summed E-state index contributed by atoms with van der Waals surface area (Å²) in [5, 5.41) is 34.6.